The van der Waals surface area contributed by atoms with Crippen molar-refractivity contribution in [3.8, 4) is 0 Å². The molecule has 0 bridgehead atoms. The second-order valence-corrected chi connectivity index (χ2v) is 3.07. The van der Waals surface area contributed by atoms with Crippen molar-refractivity contribution in [2.45, 2.75) is 25.3 Å². The smallest absolute Gasteiger partial charge is 0.326 e. The SMILES string of the molecule is C=CC[C@@H](C(=O)O)N1CCCC1=O. The molecule has 1 atom stereocenters. The van der Waals surface area contributed by atoms with Crippen molar-refractivity contribution < 1.29 is 14.7 Å². The quantitative estimate of drug-likeness (QED) is 0.650. The van der Waals surface area contributed by atoms with Gasteiger partial charge in [0.15, 0.2) is 0 Å². The van der Waals surface area contributed by atoms with E-state index in [1.165, 1.54) is 11.0 Å². The monoisotopic (exact) mass is 183 g/mol. The fraction of sp³-hybridized carbons (Fsp3) is 0.556. The van der Waals surface area contributed by atoms with Crippen molar-refractivity contribution in [2.75, 3.05) is 6.54 Å². The van der Waals surface area contributed by atoms with Gasteiger partial charge in [-0.15, -0.1) is 6.58 Å². The van der Waals surface area contributed by atoms with Crippen LogP contribution >= 0.6 is 0 Å². The predicted molar refractivity (Wildman–Crippen MR) is 47.2 cm³/mol. The van der Waals surface area contributed by atoms with Crippen LogP contribution in [0.15, 0.2) is 12.7 Å². The molecule has 1 saturated heterocycles. The maximum Gasteiger partial charge on any atom is 0.326 e. The van der Waals surface area contributed by atoms with Gasteiger partial charge in [-0.2, -0.15) is 0 Å². The van der Waals surface area contributed by atoms with Crippen molar-refractivity contribution in [3.05, 3.63) is 12.7 Å². The summed E-state index contributed by atoms with van der Waals surface area (Å²) in [7, 11) is 0. The number of hydrogen-bond acceptors (Lipinski definition) is 2. The highest BCUT2D eigenvalue weighted by Crippen LogP contribution is 2.16. The molecule has 1 rings (SSSR count). The van der Waals surface area contributed by atoms with Crippen LogP contribution in [0.4, 0.5) is 0 Å². The average Bonchev–Trinajstić information content (AvgIpc) is 2.47. The van der Waals surface area contributed by atoms with Crippen molar-refractivity contribution in [1.82, 2.24) is 4.90 Å². The average molecular weight is 183 g/mol. The molecule has 0 unspecified atom stereocenters. The molecule has 1 fully saturated rings. The molecule has 1 aliphatic rings. The summed E-state index contributed by atoms with van der Waals surface area (Å²) < 4.78 is 0. The van der Waals surface area contributed by atoms with Crippen LogP contribution in [-0.4, -0.2) is 34.5 Å². The Morgan fingerprint density at radius 1 is 1.77 bits per heavy atom. The van der Waals surface area contributed by atoms with Crippen molar-refractivity contribution in [2.24, 2.45) is 0 Å². The van der Waals surface area contributed by atoms with Gasteiger partial charge in [-0.05, 0) is 12.8 Å². The Balaban J connectivity index is 2.68. The number of rotatable bonds is 4. The minimum atomic E-state index is -0.949. The van der Waals surface area contributed by atoms with E-state index in [2.05, 4.69) is 6.58 Å². The molecule has 1 heterocycles. The highest BCUT2D eigenvalue weighted by Gasteiger charge is 2.31. The van der Waals surface area contributed by atoms with Crippen LogP contribution in [0.3, 0.4) is 0 Å². The molecule has 1 aliphatic heterocycles. The highest BCUT2D eigenvalue weighted by atomic mass is 16.4. The van der Waals surface area contributed by atoms with Crippen molar-refractivity contribution >= 4 is 11.9 Å². The molecule has 13 heavy (non-hydrogen) atoms. The Morgan fingerprint density at radius 3 is 2.85 bits per heavy atom. The molecule has 0 aromatic heterocycles. The van der Waals surface area contributed by atoms with Gasteiger partial charge >= 0.3 is 5.97 Å². The largest absolute Gasteiger partial charge is 0.480 e. The van der Waals surface area contributed by atoms with Gasteiger partial charge in [0, 0.05) is 13.0 Å². The topological polar surface area (TPSA) is 57.6 Å². The van der Waals surface area contributed by atoms with Gasteiger partial charge in [0.05, 0.1) is 0 Å². The molecule has 4 heteroatoms. The number of carbonyl (C=O) groups excluding carboxylic acids is 1. The van der Waals surface area contributed by atoms with Gasteiger partial charge in [0.1, 0.15) is 6.04 Å². The van der Waals surface area contributed by atoms with Crippen LogP contribution in [0.5, 0.6) is 0 Å². The van der Waals surface area contributed by atoms with Gasteiger partial charge in [0.25, 0.3) is 0 Å². The molecular formula is C9H13NO3. The van der Waals surface area contributed by atoms with Crippen LogP contribution in [-0.2, 0) is 9.59 Å². The Hall–Kier alpha value is -1.32. The fourth-order valence-electron chi connectivity index (χ4n) is 1.52. The van der Waals surface area contributed by atoms with Gasteiger partial charge in [-0.25, -0.2) is 4.79 Å². The van der Waals surface area contributed by atoms with E-state index in [9.17, 15) is 9.59 Å². The highest BCUT2D eigenvalue weighted by molar-refractivity contribution is 5.85. The molecule has 0 aromatic carbocycles. The molecular weight excluding hydrogens is 170 g/mol. The minimum absolute atomic E-state index is 0.0609. The molecule has 0 aromatic rings. The number of carbonyl (C=O) groups is 2. The lowest BCUT2D eigenvalue weighted by Crippen LogP contribution is -2.41. The summed E-state index contributed by atoms with van der Waals surface area (Å²) in [4.78, 5) is 23.4. The third-order valence-electron chi connectivity index (χ3n) is 2.16. The molecule has 72 valence electrons. The number of amides is 1. The van der Waals surface area contributed by atoms with Crippen LogP contribution in [0.1, 0.15) is 19.3 Å². The summed E-state index contributed by atoms with van der Waals surface area (Å²) in [6.45, 7) is 4.04. The lowest BCUT2D eigenvalue weighted by molar-refractivity contribution is -0.148. The second-order valence-electron chi connectivity index (χ2n) is 3.07. The van der Waals surface area contributed by atoms with E-state index < -0.39 is 12.0 Å². The van der Waals surface area contributed by atoms with E-state index in [-0.39, 0.29) is 5.91 Å². The Morgan fingerprint density at radius 2 is 2.46 bits per heavy atom. The molecule has 1 N–H and O–H groups in total. The molecule has 0 radical (unpaired) electrons. The van der Waals surface area contributed by atoms with Crippen LogP contribution in [0.2, 0.25) is 0 Å². The Bertz CT molecular complexity index is 237. The normalized spacial score (nSPS) is 18.8. The summed E-state index contributed by atoms with van der Waals surface area (Å²) in [5, 5.41) is 8.84. The zero-order chi connectivity index (χ0) is 9.84. The maximum absolute atomic E-state index is 11.2. The van der Waals surface area contributed by atoms with Gasteiger partial charge in [0.2, 0.25) is 5.91 Å². The van der Waals surface area contributed by atoms with E-state index in [4.69, 9.17) is 5.11 Å². The molecule has 0 spiro atoms. The van der Waals surface area contributed by atoms with Gasteiger partial charge in [-0.1, -0.05) is 6.08 Å². The number of nitrogens with zero attached hydrogens (tertiary/aromatic N) is 1. The van der Waals surface area contributed by atoms with Gasteiger partial charge < -0.3 is 10.0 Å². The zero-order valence-electron chi connectivity index (χ0n) is 7.40. The first kappa shape index (κ1) is 9.77. The van der Waals surface area contributed by atoms with Crippen molar-refractivity contribution in [1.29, 1.82) is 0 Å². The Labute approximate surface area is 76.8 Å². The minimum Gasteiger partial charge on any atom is -0.480 e. The lowest BCUT2D eigenvalue weighted by Gasteiger charge is -2.22. The third kappa shape index (κ3) is 2.08. The Kier molecular flexibility index (Phi) is 3.06. The maximum atomic E-state index is 11.2. The summed E-state index contributed by atoms with van der Waals surface area (Å²) in [5.41, 5.74) is 0. The number of carboxylic acids is 1. The van der Waals surface area contributed by atoms with E-state index in [1.54, 1.807) is 0 Å². The molecule has 0 aliphatic carbocycles. The second kappa shape index (κ2) is 4.07. The first-order chi connectivity index (χ1) is 6.16. The number of likely N-dealkylation sites (tertiary alicyclic amines) is 1. The van der Waals surface area contributed by atoms with Crippen LogP contribution in [0.25, 0.3) is 0 Å². The standard InChI is InChI=1S/C9H13NO3/c1-2-4-7(9(12)13)10-6-3-5-8(10)11/h2,7H,1,3-6H2,(H,12,13)/t7-/m0/s1. The number of aliphatic carboxylic acids is 1. The van der Waals surface area contributed by atoms with Crippen LogP contribution < -0.4 is 0 Å². The van der Waals surface area contributed by atoms with E-state index in [0.29, 0.717) is 19.4 Å². The fourth-order valence-corrected chi connectivity index (χ4v) is 1.52. The number of hydrogen-bond donors (Lipinski definition) is 1. The summed E-state index contributed by atoms with van der Waals surface area (Å²) >= 11 is 0. The molecule has 4 nitrogen and oxygen atoms in total. The van der Waals surface area contributed by atoms with Crippen LogP contribution in [0, 0.1) is 0 Å². The molecule has 1 amide bonds. The lowest BCUT2D eigenvalue weighted by atomic mass is 10.2. The van der Waals surface area contributed by atoms with E-state index in [1.807, 2.05) is 0 Å². The predicted octanol–water partition coefficient (Wildman–Crippen LogP) is 0.638. The van der Waals surface area contributed by atoms with Crippen molar-refractivity contribution in [3.63, 3.8) is 0 Å². The number of carboxylic acid groups (broad SMARTS) is 1. The summed E-state index contributed by atoms with van der Waals surface area (Å²) in [6, 6.07) is -0.715. The van der Waals surface area contributed by atoms with Gasteiger partial charge in [-0.3, -0.25) is 4.79 Å². The third-order valence-corrected chi connectivity index (χ3v) is 2.16. The first-order valence-electron chi connectivity index (χ1n) is 4.30. The van der Waals surface area contributed by atoms with E-state index >= 15 is 0 Å². The van der Waals surface area contributed by atoms with E-state index in [0.717, 1.165) is 6.42 Å². The summed E-state index contributed by atoms with van der Waals surface area (Å²) in [6.07, 6.45) is 3.09. The first-order valence-corrected chi connectivity index (χ1v) is 4.30. The zero-order valence-corrected chi connectivity index (χ0v) is 7.40. The molecule has 0 saturated carbocycles. The summed E-state index contributed by atoms with van der Waals surface area (Å²) in [5.74, 6) is -1.01.